The van der Waals surface area contributed by atoms with E-state index in [0.717, 1.165) is 29.8 Å². The molecule has 0 saturated heterocycles. The summed E-state index contributed by atoms with van der Waals surface area (Å²) in [6.07, 6.45) is 4.76. The molecule has 1 aromatic carbocycles. The first kappa shape index (κ1) is 12.9. The van der Waals surface area contributed by atoms with Crippen LogP contribution >= 0.6 is 11.6 Å². The average molecular weight is 254 g/mol. The fraction of sp³-hybridized carbons (Fsp3) is 0.571. The maximum absolute atomic E-state index is 6.23. The predicted octanol–water partition coefficient (Wildman–Crippen LogP) is 3.69. The van der Waals surface area contributed by atoms with Gasteiger partial charge in [0.15, 0.2) is 0 Å². The Morgan fingerprint density at radius 1 is 1.41 bits per heavy atom. The minimum absolute atomic E-state index is 0.00972. The van der Waals surface area contributed by atoms with E-state index in [1.807, 2.05) is 24.3 Å². The Morgan fingerprint density at radius 2 is 2.12 bits per heavy atom. The van der Waals surface area contributed by atoms with Gasteiger partial charge in [-0.15, -0.1) is 0 Å². The summed E-state index contributed by atoms with van der Waals surface area (Å²) in [4.78, 5) is 0. The SMILES string of the molecule is CCC(N)C(OC1CCC1)c1ccccc1Cl. The van der Waals surface area contributed by atoms with Crippen molar-refractivity contribution in [3.63, 3.8) is 0 Å². The Bertz CT molecular complexity index is 365. The number of halogens is 1. The molecule has 1 aromatic rings. The van der Waals surface area contributed by atoms with E-state index in [1.165, 1.54) is 6.42 Å². The zero-order chi connectivity index (χ0) is 12.3. The van der Waals surface area contributed by atoms with E-state index < -0.39 is 0 Å². The molecule has 94 valence electrons. The molecule has 2 nitrogen and oxygen atoms in total. The summed E-state index contributed by atoms with van der Waals surface area (Å²) >= 11 is 6.23. The Morgan fingerprint density at radius 3 is 2.65 bits per heavy atom. The molecule has 0 heterocycles. The second-order valence-electron chi connectivity index (χ2n) is 4.70. The van der Waals surface area contributed by atoms with E-state index in [9.17, 15) is 0 Å². The van der Waals surface area contributed by atoms with Crippen molar-refractivity contribution in [1.29, 1.82) is 0 Å². The van der Waals surface area contributed by atoms with Crippen molar-refractivity contribution in [3.8, 4) is 0 Å². The topological polar surface area (TPSA) is 35.2 Å². The van der Waals surface area contributed by atoms with Gasteiger partial charge in [-0.05, 0) is 31.7 Å². The largest absolute Gasteiger partial charge is 0.369 e. The molecule has 2 unspecified atom stereocenters. The summed E-state index contributed by atoms with van der Waals surface area (Å²) in [5.74, 6) is 0. The van der Waals surface area contributed by atoms with Crippen LogP contribution in [-0.4, -0.2) is 12.1 Å². The van der Waals surface area contributed by atoms with Gasteiger partial charge in [-0.1, -0.05) is 36.7 Å². The average Bonchev–Trinajstić information content (AvgIpc) is 2.29. The zero-order valence-electron chi connectivity index (χ0n) is 10.2. The third-order valence-corrected chi connectivity index (χ3v) is 3.81. The lowest BCUT2D eigenvalue weighted by atomic mass is 9.94. The molecule has 2 atom stereocenters. The molecule has 1 aliphatic rings. The molecule has 2 N–H and O–H groups in total. The van der Waals surface area contributed by atoms with Crippen molar-refractivity contribution in [2.75, 3.05) is 0 Å². The van der Waals surface area contributed by atoms with Crippen LogP contribution in [0, 0.1) is 0 Å². The summed E-state index contributed by atoms with van der Waals surface area (Å²) in [6, 6.07) is 7.85. The molecule has 3 heteroatoms. The zero-order valence-corrected chi connectivity index (χ0v) is 11.0. The maximum Gasteiger partial charge on any atom is 0.0993 e. The minimum atomic E-state index is -0.0704. The van der Waals surface area contributed by atoms with Crippen molar-refractivity contribution in [1.82, 2.24) is 0 Å². The maximum atomic E-state index is 6.23. The molecule has 0 radical (unpaired) electrons. The first-order valence-electron chi connectivity index (χ1n) is 6.37. The summed E-state index contributed by atoms with van der Waals surface area (Å²) < 4.78 is 6.10. The third kappa shape index (κ3) is 3.01. The van der Waals surface area contributed by atoms with Crippen LogP contribution in [0.4, 0.5) is 0 Å². The van der Waals surface area contributed by atoms with Gasteiger partial charge in [-0.25, -0.2) is 0 Å². The highest BCUT2D eigenvalue weighted by Gasteiger charge is 2.28. The Hall–Kier alpha value is -0.570. The highest BCUT2D eigenvalue weighted by molar-refractivity contribution is 6.31. The van der Waals surface area contributed by atoms with Gasteiger partial charge in [-0.3, -0.25) is 0 Å². The lowest BCUT2D eigenvalue weighted by Crippen LogP contribution is -2.34. The fourth-order valence-corrected chi connectivity index (χ4v) is 2.28. The quantitative estimate of drug-likeness (QED) is 0.869. The number of ether oxygens (including phenoxy) is 1. The molecule has 0 amide bonds. The van der Waals surface area contributed by atoms with E-state index in [2.05, 4.69) is 6.92 Å². The van der Waals surface area contributed by atoms with E-state index in [1.54, 1.807) is 0 Å². The molecule has 1 fully saturated rings. The van der Waals surface area contributed by atoms with Gasteiger partial charge in [0.2, 0.25) is 0 Å². The van der Waals surface area contributed by atoms with Crippen molar-refractivity contribution in [2.24, 2.45) is 5.73 Å². The van der Waals surface area contributed by atoms with E-state index >= 15 is 0 Å². The molecule has 1 aliphatic carbocycles. The molecule has 2 rings (SSSR count). The standard InChI is InChI=1S/C14H20ClNO/c1-2-13(16)14(17-10-6-5-7-10)11-8-3-4-9-12(11)15/h3-4,8-10,13-14H,2,5-7,16H2,1H3. The minimum Gasteiger partial charge on any atom is -0.369 e. The number of benzene rings is 1. The van der Waals surface area contributed by atoms with Crippen LogP contribution in [0.2, 0.25) is 5.02 Å². The van der Waals surface area contributed by atoms with Gasteiger partial charge < -0.3 is 10.5 Å². The van der Waals surface area contributed by atoms with Gasteiger partial charge in [0.05, 0.1) is 12.2 Å². The summed E-state index contributed by atoms with van der Waals surface area (Å²) in [6.45, 7) is 2.08. The normalized spacial score (nSPS) is 19.7. The highest BCUT2D eigenvalue weighted by atomic mass is 35.5. The Labute approximate surface area is 108 Å². The highest BCUT2D eigenvalue weighted by Crippen LogP contribution is 2.34. The summed E-state index contributed by atoms with van der Waals surface area (Å²) in [5.41, 5.74) is 7.19. The van der Waals surface area contributed by atoms with E-state index in [-0.39, 0.29) is 12.1 Å². The number of nitrogens with two attached hydrogens (primary N) is 1. The van der Waals surface area contributed by atoms with Gasteiger partial charge in [-0.2, -0.15) is 0 Å². The molecular weight excluding hydrogens is 234 g/mol. The number of hydrogen-bond donors (Lipinski definition) is 1. The van der Waals surface area contributed by atoms with Gasteiger partial charge in [0.1, 0.15) is 0 Å². The van der Waals surface area contributed by atoms with Crippen molar-refractivity contribution >= 4 is 11.6 Å². The molecule has 0 spiro atoms. The van der Waals surface area contributed by atoms with Crippen molar-refractivity contribution in [3.05, 3.63) is 34.9 Å². The van der Waals surface area contributed by atoms with Crippen LogP contribution in [-0.2, 0) is 4.74 Å². The van der Waals surface area contributed by atoms with Crippen molar-refractivity contribution in [2.45, 2.75) is 50.9 Å². The second kappa shape index (κ2) is 5.85. The lowest BCUT2D eigenvalue weighted by molar-refractivity contribution is -0.0637. The predicted molar refractivity (Wildman–Crippen MR) is 71.2 cm³/mol. The third-order valence-electron chi connectivity index (χ3n) is 3.46. The van der Waals surface area contributed by atoms with Crippen LogP contribution in [0.5, 0.6) is 0 Å². The molecule has 0 bridgehead atoms. The smallest absolute Gasteiger partial charge is 0.0993 e. The summed E-state index contributed by atoms with van der Waals surface area (Å²) in [5, 5.41) is 0.751. The molecule has 0 aliphatic heterocycles. The van der Waals surface area contributed by atoms with Crippen LogP contribution in [0.25, 0.3) is 0 Å². The van der Waals surface area contributed by atoms with Gasteiger partial charge in [0, 0.05) is 16.6 Å². The van der Waals surface area contributed by atoms with Crippen LogP contribution < -0.4 is 5.73 Å². The first-order chi connectivity index (χ1) is 8.22. The molecule has 0 aromatic heterocycles. The van der Waals surface area contributed by atoms with Crippen LogP contribution in [0.3, 0.4) is 0 Å². The molecule has 1 saturated carbocycles. The number of hydrogen-bond acceptors (Lipinski definition) is 2. The van der Waals surface area contributed by atoms with E-state index in [4.69, 9.17) is 22.1 Å². The monoisotopic (exact) mass is 253 g/mol. The lowest BCUT2D eigenvalue weighted by Gasteiger charge is -2.33. The fourth-order valence-electron chi connectivity index (χ4n) is 2.04. The van der Waals surface area contributed by atoms with Gasteiger partial charge >= 0.3 is 0 Å². The first-order valence-corrected chi connectivity index (χ1v) is 6.75. The van der Waals surface area contributed by atoms with Gasteiger partial charge in [0.25, 0.3) is 0 Å². The van der Waals surface area contributed by atoms with Crippen LogP contribution in [0.15, 0.2) is 24.3 Å². The Balaban J connectivity index is 2.16. The Kier molecular flexibility index (Phi) is 4.43. The second-order valence-corrected chi connectivity index (χ2v) is 5.11. The van der Waals surface area contributed by atoms with Crippen LogP contribution in [0.1, 0.15) is 44.3 Å². The van der Waals surface area contributed by atoms with E-state index in [0.29, 0.717) is 6.10 Å². The summed E-state index contributed by atoms with van der Waals surface area (Å²) in [7, 11) is 0. The number of rotatable bonds is 5. The molecule has 17 heavy (non-hydrogen) atoms. The van der Waals surface area contributed by atoms with Crippen molar-refractivity contribution < 1.29 is 4.74 Å². The molecular formula is C14H20ClNO.